The topological polar surface area (TPSA) is 46.3 Å². The number of nitrogens with two attached hydrogens (primary N) is 1. The third-order valence-corrected chi connectivity index (χ3v) is 3.93. The molecule has 1 aromatic rings. The van der Waals surface area contributed by atoms with Crippen molar-refractivity contribution < 1.29 is 18.0 Å². The minimum absolute atomic E-state index is 0.0230. The summed E-state index contributed by atoms with van der Waals surface area (Å²) < 4.78 is 38.8. The molecule has 0 bridgehead atoms. The van der Waals surface area contributed by atoms with Crippen LogP contribution in [0.2, 0.25) is 0 Å². The molecule has 0 radical (unpaired) electrons. The third-order valence-electron chi connectivity index (χ3n) is 3.93. The first-order valence-corrected chi connectivity index (χ1v) is 6.94. The lowest BCUT2D eigenvalue weighted by Gasteiger charge is -2.23. The monoisotopic (exact) mass is 300 g/mol. The van der Waals surface area contributed by atoms with Crippen LogP contribution in [0, 0.1) is 5.92 Å². The van der Waals surface area contributed by atoms with E-state index in [1.165, 1.54) is 17.0 Å². The first kappa shape index (κ1) is 15.8. The van der Waals surface area contributed by atoms with E-state index < -0.39 is 11.7 Å². The maximum Gasteiger partial charge on any atom is 0.416 e. The van der Waals surface area contributed by atoms with E-state index in [0.29, 0.717) is 12.8 Å². The molecule has 2 rings (SSSR count). The quantitative estimate of drug-likeness (QED) is 0.933. The third kappa shape index (κ3) is 3.75. The molecule has 21 heavy (non-hydrogen) atoms. The number of alkyl halides is 3. The number of carbonyl (C=O) groups is 1. The number of nitrogens with zero attached hydrogens (tertiary/aromatic N) is 1. The number of hydrogen-bond donors (Lipinski definition) is 1. The predicted molar refractivity (Wildman–Crippen MR) is 73.2 cm³/mol. The van der Waals surface area contributed by atoms with Gasteiger partial charge in [0.05, 0.1) is 5.56 Å². The van der Waals surface area contributed by atoms with Crippen molar-refractivity contribution >= 4 is 5.91 Å². The van der Waals surface area contributed by atoms with Gasteiger partial charge in [0.1, 0.15) is 0 Å². The fourth-order valence-electron chi connectivity index (χ4n) is 2.82. The van der Waals surface area contributed by atoms with Crippen molar-refractivity contribution in [3.8, 4) is 0 Å². The highest BCUT2D eigenvalue weighted by Gasteiger charge is 2.34. The van der Waals surface area contributed by atoms with Gasteiger partial charge in [-0.3, -0.25) is 4.79 Å². The van der Waals surface area contributed by atoms with E-state index in [2.05, 4.69) is 0 Å². The summed E-state index contributed by atoms with van der Waals surface area (Å²) in [6.07, 6.45) is -2.28. The van der Waals surface area contributed by atoms with Gasteiger partial charge in [0.25, 0.3) is 0 Å². The molecule has 0 aliphatic heterocycles. The lowest BCUT2D eigenvalue weighted by Crippen LogP contribution is -2.32. The second-order valence-corrected chi connectivity index (χ2v) is 5.62. The summed E-state index contributed by atoms with van der Waals surface area (Å²) in [7, 11) is 1.54. The van der Waals surface area contributed by atoms with Crippen LogP contribution in [0.25, 0.3) is 0 Å². The van der Waals surface area contributed by atoms with Gasteiger partial charge in [0.2, 0.25) is 5.91 Å². The van der Waals surface area contributed by atoms with Crippen molar-refractivity contribution in [1.82, 2.24) is 4.90 Å². The van der Waals surface area contributed by atoms with Crippen LogP contribution in [-0.4, -0.2) is 23.9 Å². The minimum atomic E-state index is -4.41. The molecule has 0 aromatic heterocycles. The van der Waals surface area contributed by atoms with Gasteiger partial charge in [0.15, 0.2) is 0 Å². The largest absolute Gasteiger partial charge is 0.416 e. The molecular weight excluding hydrogens is 281 g/mol. The molecule has 1 fully saturated rings. The second kappa shape index (κ2) is 6.05. The van der Waals surface area contributed by atoms with Crippen LogP contribution in [-0.2, 0) is 17.5 Å². The molecule has 1 aliphatic rings. The first-order valence-electron chi connectivity index (χ1n) is 6.94. The fraction of sp³-hybridized carbons (Fsp3) is 0.533. The zero-order valence-corrected chi connectivity index (χ0v) is 11.9. The number of halogens is 3. The van der Waals surface area contributed by atoms with Crippen LogP contribution in [0.3, 0.4) is 0 Å². The normalized spacial score (nSPS) is 22.3. The number of hydrogen-bond acceptors (Lipinski definition) is 2. The Morgan fingerprint density at radius 2 is 2.00 bits per heavy atom. The summed E-state index contributed by atoms with van der Waals surface area (Å²) >= 11 is 0. The van der Waals surface area contributed by atoms with Gasteiger partial charge >= 0.3 is 6.18 Å². The number of carbonyl (C=O) groups excluding carboxylic acids is 1. The lowest BCUT2D eigenvalue weighted by atomic mass is 10.0. The zero-order chi connectivity index (χ0) is 15.6. The highest BCUT2D eigenvalue weighted by molar-refractivity contribution is 5.79. The predicted octanol–water partition coefficient (Wildman–Crippen LogP) is 2.79. The summed E-state index contributed by atoms with van der Waals surface area (Å²) in [5.41, 5.74) is 5.20. The average molecular weight is 300 g/mol. The van der Waals surface area contributed by atoms with Crippen molar-refractivity contribution in [1.29, 1.82) is 0 Å². The van der Waals surface area contributed by atoms with Gasteiger partial charge in [-0.1, -0.05) is 18.2 Å². The van der Waals surface area contributed by atoms with Crippen LogP contribution in [0.1, 0.15) is 30.4 Å². The van der Waals surface area contributed by atoms with Crippen molar-refractivity contribution in [2.75, 3.05) is 7.05 Å². The Labute approximate surface area is 121 Å². The molecule has 2 N–H and O–H groups in total. The van der Waals surface area contributed by atoms with E-state index in [-0.39, 0.29) is 30.0 Å². The number of rotatable bonds is 3. The molecule has 0 heterocycles. The molecule has 2 atom stereocenters. The second-order valence-electron chi connectivity index (χ2n) is 5.62. The highest BCUT2D eigenvalue weighted by Crippen LogP contribution is 2.33. The summed E-state index contributed by atoms with van der Waals surface area (Å²) in [4.78, 5) is 13.6. The minimum Gasteiger partial charge on any atom is -0.341 e. The Kier molecular flexibility index (Phi) is 4.56. The van der Waals surface area contributed by atoms with Crippen LogP contribution in [0.5, 0.6) is 0 Å². The summed E-state index contributed by atoms with van der Waals surface area (Å²) in [5, 5.41) is 0. The van der Waals surface area contributed by atoms with E-state index in [4.69, 9.17) is 5.73 Å². The van der Waals surface area contributed by atoms with Crippen LogP contribution >= 0.6 is 0 Å². The van der Waals surface area contributed by atoms with Gasteiger partial charge in [-0.15, -0.1) is 0 Å². The van der Waals surface area contributed by atoms with Gasteiger partial charge in [-0.05, 0) is 30.9 Å². The van der Waals surface area contributed by atoms with Crippen molar-refractivity contribution in [2.45, 2.75) is 38.0 Å². The van der Waals surface area contributed by atoms with Crippen molar-refractivity contribution in [3.63, 3.8) is 0 Å². The van der Waals surface area contributed by atoms with E-state index >= 15 is 0 Å². The van der Waals surface area contributed by atoms with Crippen molar-refractivity contribution in [3.05, 3.63) is 35.4 Å². The van der Waals surface area contributed by atoms with E-state index in [1.54, 1.807) is 13.1 Å². The molecule has 0 saturated heterocycles. The van der Waals surface area contributed by atoms with E-state index in [9.17, 15) is 18.0 Å². The van der Waals surface area contributed by atoms with Gasteiger partial charge in [0, 0.05) is 25.6 Å². The molecule has 0 spiro atoms. The fourth-order valence-corrected chi connectivity index (χ4v) is 2.82. The van der Waals surface area contributed by atoms with Gasteiger partial charge in [-0.2, -0.15) is 13.2 Å². The Bertz CT molecular complexity index is 516. The van der Waals surface area contributed by atoms with Gasteiger partial charge in [-0.25, -0.2) is 0 Å². The number of benzene rings is 1. The van der Waals surface area contributed by atoms with Crippen LogP contribution in [0.4, 0.5) is 13.2 Å². The molecular formula is C15H19F3N2O. The molecule has 3 nitrogen and oxygen atoms in total. The molecule has 0 unspecified atom stereocenters. The van der Waals surface area contributed by atoms with Crippen LogP contribution in [0.15, 0.2) is 24.3 Å². The highest BCUT2D eigenvalue weighted by atomic mass is 19.4. The Morgan fingerprint density at radius 3 is 2.57 bits per heavy atom. The maximum atomic E-state index is 12.9. The summed E-state index contributed by atoms with van der Waals surface area (Å²) in [5.74, 6) is -0.289. The molecule has 6 heteroatoms. The average Bonchev–Trinajstić information content (AvgIpc) is 2.84. The van der Waals surface area contributed by atoms with Crippen molar-refractivity contribution in [2.24, 2.45) is 11.7 Å². The zero-order valence-electron chi connectivity index (χ0n) is 11.9. The summed E-state index contributed by atoms with van der Waals surface area (Å²) in [6, 6.07) is 5.37. The standard InChI is InChI=1S/C15H19F3N2O/c1-20(14(21)10-6-7-12(19)8-10)9-11-4-2-3-5-13(11)15(16,17)18/h2-5,10,12H,6-9,19H2,1H3/t10-,12-/m1/s1. The van der Waals surface area contributed by atoms with Gasteiger partial charge < -0.3 is 10.6 Å². The molecule has 1 saturated carbocycles. The Morgan fingerprint density at radius 1 is 1.33 bits per heavy atom. The van der Waals surface area contributed by atoms with Crippen LogP contribution < -0.4 is 5.73 Å². The molecule has 1 amide bonds. The Hall–Kier alpha value is -1.56. The van der Waals surface area contributed by atoms with E-state index in [0.717, 1.165) is 12.5 Å². The summed E-state index contributed by atoms with van der Waals surface area (Å²) in [6.45, 7) is -0.0414. The first-order chi connectivity index (χ1) is 9.79. The molecule has 1 aliphatic carbocycles. The lowest BCUT2D eigenvalue weighted by molar-refractivity contribution is -0.140. The smallest absolute Gasteiger partial charge is 0.341 e. The number of amides is 1. The Balaban J connectivity index is 2.09. The molecule has 1 aromatic carbocycles. The maximum absolute atomic E-state index is 12.9. The van der Waals surface area contributed by atoms with E-state index in [1.807, 2.05) is 0 Å². The molecule has 116 valence electrons. The SMILES string of the molecule is CN(Cc1ccccc1C(F)(F)F)C(=O)[C@@H]1CC[C@@H](N)C1.